The number of aromatic nitrogens is 2. The van der Waals surface area contributed by atoms with Gasteiger partial charge in [0.15, 0.2) is 0 Å². The number of carbonyl (C=O) groups is 2. The van der Waals surface area contributed by atoms with Gasteiger partial charge in [-0.1, -0.05) is 48.5 Å². The first-order valence-corrected chi connectivity index (χ1v) is 12.0. The molecular weight excluding hydrogens is 430 g/mol. The second kappa shape index (κ2) is 8.31. The molecule has 174 valence electrons. The van der Waals surface area contributed by atoms with Crippen LogP contribution in [-0.4, -0.2) is 51.5 Å². The van der Waals surface area contributed by atoms with Gasteiger partial charge in [0, 0.05) is 31.5 Å². The molecule has 1 fully saturated rings. The van der Waals surface area contributed by atoms with Crippen LogP contribution in [0.15, 0.2) is 48.5 Å². The van der Waals surface area contributed by atoms with E-state index in [0.717, 1.165) is 37.9 Å². The maximum Gasteiger partial charge on any atom is 0.409 e. The van der Waals surface area contributed by atoms with Crippen LogP contribution in [0.4, 0.5) is 4.79 Å². The van der Waals surface area contributed by atoms with Gasteiger partial charge in [0.1, 0.15) is 12.2 Å². The predicted molar refractivity (Wildman–Crippen MR) is 126 cm³/mol. The molecule has 1 atom stereocenters. The summed E-state index contributed by atoms with van der Waals surface area (Å²) in [6.45, 7) is 2.10. The van der Waals surface area contributed by atoms with E-state index in [9.17, 15) is 14.7 Å². The van der Waals surface area contributed by atoms with Crippen LogP contribution in [0.3, 0.4) is 0 Å². The number of hydrogen-bond acceptors (Lipinski definition) is 4. The van der Waals surface area contributed by atoms with Crippen LogP contribution < -0.4 is 0 Å². The van der Waals surface area contributed by atoms with E-state index < -0.39 is 5.97 Å². The van der Waals surface area contributed by atoms with E-state index >= 15 is 0 Å². The number of rotatable bonds is 4. The number of amides is 1. The highest BCUT2D eigenvalue weighted by atomic mass is 16.6. The summed E-state index contributed by atoms with van der Waals surface area (Å²) in [4.78, 5) is 26.8. The Morgan fingerprint density at radius 1 is 1.00 bits per heavy atom. The Kier molecular flexibility index (Phi) is 5.12. The Balaban J connectivity index is 1.18. The van der Waals surface area contributed by atoms with Crippen molar-refractivity contribution in [3.05, 3.63) is 76.6 Å². The van der Waals surface area contributed by atoms with E-state index in [1.165, 1.54) is 22.3 Å². The van der Waals surface area contributed by atoms with Gasteiger partial charge >= 0.3 is 12.1 Å². The number of carbonyl (C=O) groups excluding carboxylic acids is 1. The number of ether oxygens (including phenoxy) is 1. The third-order valence-electron chi connectivity index (χ3n) is 7.48. The van der Waals surface area contributed by atoms with Crippen molar-refractivity contribution in [3.63, 3.8) is 0 Å². The summed E-state index contributed by atoms with van der Waals surface area (Å²) < 4.78 is 7.69. The molecule has 7 heteroatoms. The molecule has 0 bridgehead atoms. The van der Waals surface area contributed by atoms with Gasteiger partial charge in [0.25, 0.3) is 0 Å². The molecule has 3 aromatic rings. The summed E-state index contributed by atoms with van der Waals surface area (Å²) >= 11 is 0. The summed E-state index contributed by atoms with van der Waals surface area (Å²) in [5.41, 5.74) is 6.56. The summed E-state index contributed by atoms with van der Waals surface area (Å²) in [6.07, 6.45) is 2.96. The average Bonchev–Trinajstić information content (AvgIpc) is 3.54. The number of aromatic carboxylic acids is 1. The summed E-state index contributed by atoms with van der Waals surface area (Å²) in [5.74, 6) is -0.985. The normalized spacial score (nSPS) is 18.9. The Morgan fingerprint density at radius 2 is 1.71 bits per heavy atom. The lowest BCUT2D eigenvalue weighted by Gasteiger charge is -2.32. The minimum absolute atomic E-state index is 0.0201. The molecule has 1 unspecified atom stereocenters. The zero-order valence-electron chi connectivity index (χ0n) is 18.9. The largest absolute Gasteiger partial charge is 0.478 e. The average molecular weight is 458 g/mol. The molecule has 1 amide bonds. The summed E-state index contributed by atoms with van der Waals surface area (Å²) in [7, 11) is 0. The molecule has 2 aromatic carbocycles. The first-order valence-electron chi connectivity index (χ1n) is 12.0. The molecule has 34 heavy (non-hydrogen) atoms. The number of likely N-dealkylation sites (tertiary alicyclic amines) is 1. The molecule has 3 aliphatic rings. The van der Waals surface area contributed by atoms with Gasteiger partial charge in [-0.2, -0.15) is 5.10 Å². The van der Waals surface area contributed by atoms with Crippen LogP contribution in [0.1, 0.15) is 64.0 Å². The molecule has 0 radical (unpaired) electrons. The third-order valence-corrected chi connectivity index (χ3v) is 7.48. The second-order valence-corrected chi connectivity index (χ2v) is 9.43. The molecule has 0 saturated carbocycles. The fourth-order valence-corrected chi connectivity index (χ4v) is 5.92. The van der Waals surface area contributed by atoms with Gasteiger partial charge in [-0.3, -0.25) is 4.68 Å². The number of benzene rings is 2. The molecule has 1 N–H and O–H groups in total. The van der Waals surface area contributed by atoms with Gasteiger partial charge in [0.05, 0.1) is 11.4 Å². The van der Waals surface area contributed by atoms with Gasteiger partial charge in [0.2, 0.25) is 0 Å². The third kappa shape index (κ3) is 3.38. The first-order chi connectivity index (χ1) is 16.6. The summed E-state index contributed by atoms with van der Waals surface area (Å²) in [5, 5.41) is 14.5. The van der Waals surface area contributed by atoms with E-state index in [1.54, 1.807) is 4.90 Å². The number of carboxylic acids is 1. The quantitative estimate of drug-likeness (QED) is 0.616. The summed E-state index contributed by atoms with van der Waals surface area (Å²) in [6, 6.07) is 16.6. The fourth-order valence-electron chi connectivity index (χ4n) is 5.92. The second-order valence-electron chi connectivity index (χ2n) is 9.43. The van der Waals surface area contributed by atoms with Gasteiger partial charge in [-0.25, -0.2) is 9.59 Å². The van der Waals surface area contributed by atoms with Crippen molar-refractivity contribution in [2.75, 3.05) is 19.7 Å². The van der Waals surface area contributed by atoms with Crippen LogP contribution in [0.25, 0.3) is 11.1 Å². The van der Waals surface area contributed by atoms with E-state index in [1.807, 2.05) is 28.9 Å². The van der Waals surface area contributed by atoms with E-state index in [4.69, 9.17) is 4.74 Å². The maximum absolute atomic E-state index is 13.1. The Bertz CT molecular complexity index is 1240. The molecule has 2 aliphatic heterocycles. The van der Waals surface area contributed by atoms with Crippen LogP contribution in [0.5, 0.6) is 0 Å². The van der Waals surface area contributed by atoms with Gasteiger partial charge in [-0.05, 0) is 47.9 Å². The molecule has 1 aliphatic carbocycles. The number of carboxylic acid groups (broad SMARTS) is 1. The zero-order valence-corrected chi connectivity index (χ0v) is 18.9. The molecule has 3 heterocycles. The lowest BCUT2D eigenvalue weighted by Crippen LogP contribution is -2.40. The highest BCUT2D eigenvalue weighted by Crippen LogP contribution is 2.44. The van der Waals surface area contributed by atoms with Crippen LogP contribution in [0.2, 0.25) is 0 Å². The Hall–Kier alpha value is -3.61. The SMILES string of the molecule is O=C(O)c1c(C2CCCN(C(=O)OCC3c4ccccc4-c4ccccc43)C2)nn2c1CCC2. The molecule has 1 saturated heterocycles. The molecule has 6 rings (SSSR count). The van der Waals surface area contributed by atoms with E-state index in [0.29, 0.717) is 24.3 Å². The lowest BCUT2D eigenvalue weighted by atomic mass is 9.91. The first kappa shape index (κ1) is 21.0. The van der Waals surface area contributed by atoms with Crippen molar-refractivity contribution in [1.82, 2.24) is 14.7 Å². The fraction of sp³-hybridized carbons (Fsp3) is 0.370. The predicted octanol–water partition coefficient (Wildman–Crippen LogP) is 4.66. The topological polar surface area (TPSA) is 84.7 Å². The number of fused-ring (bicyclic) bond motifs is 4. The van der Waals surface area contributed by atoms with Crippen molar-refractivity contribution in [2.24, 2.45) is 0 Å². The molecule has 1 aromatic heterocycles. The smallest absolute Gasteiger partial charge is 0.409 e. The van der Waals surface area contributed by atoms with Crippen molar-refractivity contribution in [3.8, 4) is 11.1 Å². The highest BCUT2D eigenvalue weighted by Gasteiger charge is 2.35. The van der Waals surface area contributed by atoms with E-state index in [-0.39, 0.29) is 24.5 Å². The minimum Gasteiger partial charge on any atom is -0.478 e. The molecular formula is C27H27N3O4. The van der Waals surface area contributed by atoms with Crippen LogP contribution in [0, 0.1) is 0 Å². The van der Waals surface area contributed by atoms with Gasteiger partial charge in [-0.15, -0.1) is 0 Å². The molecule has 0 spiro atoms. The lowest BCUT2D eigenvalue weighted by molar-refractivity contribution is 0.0692. The van der Waals surface area contributed by atoms with Crippen molar-refractivity contribution >= 4 is 12.1 Å². The zero-order chi connectivity index (χ0) is 23.2. The standard InChI is InChI=1S/C27H27N3O4/c31-26(32)24-23-12-6-14-30(23)28-25(24)17-7-5-13-29(15-17)27(33)34-16-22-20-10-3-1-8-18(20)19-9-2-4-11-21(19)22/h1-4,8-11,17,22H,5-7,12-16H2,(H,31,32). The van der Waals surface area contributed by atoms with Crippen molar-refractivity contribution < 1.29 is 19.4 Å². The van der Waals surface area contributed by atoms with Crippen molar-refractivity contribution in [2.45, 2.75) is 44.1 Å². The van der Waals surface area contributed by atoms with Crippen molar-refractivity contribution in [1.29, 1.82) is 0 Å². The number of piperidine rings is 1. The number of aryl methyl sites for hydroxylation is 1. The highest BCUT2D eigenvalue weighted by molar-refractivity contribution is 5.90. The molecule has 7 nitrogen and oxygen atoms in total. The minimum atomic E-state index is -0.920. The van der Waals surface area contributed by atoms with Crippen LogP contribution >= 0.6 is 0 Å². The van der Waals surface area contributed by atoms with E-state index in [2.05, 4.69) is 29.4 Å². The number of nitrogens with zero attached hydrogens (tertiary/aromatic N) is 3. The monoisotopic (exact) mass is 457 g/mol. The number of hydrogen-bond donors (Lipinski definition) is 1. The Morgan fingerprint density at radius 3 is 2.41 bits per heavy atom. The Labute approximate surface area is 198 Å². The van der Waals surface area contributed by atoms with Gasteiger partial charge < -0.3 is 14.7 Å². The maximum atomic E-state index is 13.1. The van der Waals surface area contributed by atoms with Crippen LogP contribution in [-0.2, 0) is 17.7 Å².